The third kappa shape index (κ3) is 3.25. The molecule has 1 rings (SSSR count). The minimum atomic E-state index is 0.827. The van der Waals surface area contributed by atoms with Crippen molar-refractivity contribution in [2.45, 2.75) is 27.2 Å². The highest BCUT2D eigenvalue weighted by atomic mass is 79.9. The van der Waals surface area contributed by atoms with Crippen molar-refractivity contribution in [2.75, 3.05) is 27.4 Å². The molecule has 0 aliphatic heterocycles. The van der Waals surface area contributed by atoms with Crippen molar-refractivity contribution < 1.29 is 4.74 Å². The second-order valence-corrected chi connectivity index (χ2v) is 5.27. The summed E-state index contributed by atoms with van der Waals surface area (Å²) in [5.41, 5.74) is 5.05. The van der Waals surface area contributed by atoms with Crippen molar-refractivity contribution in [3.05, 3.63) is 26.7 Å². The Morgan fingerprint density at radius 3 is 2.33 bits per heavy atom. The Bertz CT molecular complexity index is 419. The first kappa shape index (κ1) is 15.5. The molecule has 0 amide bonds. The largest absolute Gasteiger partial charge is 0.496 e. The Morgan fingerprint density at radius 2 is 1.78 bits per heavy atom. The highest BCUT2D eigenvalue weighted by Gasteiger charge is 2.16. The van der Waals surface area contributed by atoms with Crippen LogP contribution in [0.5, 0.6) is 5.75 Å². The van der Waals surface area contributed by atoms with Gasteiger partial charge in [-0.05, 0) is 56.5 Å². The molecule has 0 aliphatic carbocycles. The summed E-state index contributed by atoms with van der Waals surface area (Å²) in [6.07, 6.45) is 0.969. The lowest BCUT2D eigenvalue weighted by atomic mass is 9.97. The highest BCUT2D eigenvalue weighted by molar-refractivity contribution is 9.10. The molecule has 0 spiro atoms. The number of methoxy groups -OCH3 is 1. The van der Waals surface area contributed by atoms with Crippen LogP contribution >= 0.6 is 15.9 Å². The number of hydrogen-bond acceptors (Lipinski definition) is 3. The fourth-order valence-electron chi connectivity index (χ4n) is 2.15. The molecule has 1 aromatic carbocycles. The maximum Gasteiger partial charge on any atom is 0.125 e. The summed E-state index contributed by atoms with van der Waals surface area (Å²) in [6, 6.07) is 0. The first-order valence-corrected chi connectivity index (χ1v) is 7.01. The SMILES string of the molecule is CNCNCCc1c(C)c(Br)c(C)c(C)c1OC. The number of halogens is 1. The van der Waals surface area contributed by atoms with Crippen molar-refractivity contribution >= 4 is 15.9 Å². The molecule has 0 saturated carbocycles. The van der Waals surface area contributed by atoms with Crippen LogP contribution in [0, 0.1) is 20.8 Å². The van der Waals surface area contributed by atoms with Gasteiger partial charge in [0.15, 0.2) is 0 Å². The van der Waals surface area contributed by atoms with E-state index >= 15 is 0 Å². The first-order valence-electron chi connectivity index (χ1n) is 6.22. The molecule has 0 unspecified atom stereocenters. The number of rotatable bonds is 6. The molecule has 0 fully saturated rings. The minimum Gasteiger partial charge on any atom is -0.496 e. The van der Waals surface area contributed by atoms with Crippen LogP contribution in [-0.4, -0.2) is 27.4 Å². The van der Waals surface area contributed by atoms with Crippen LogP contribution in [0.15, 0.2) is 4.47 Å². The second kappa shape index (κ2) is 7.12. The van der Waals surface area contributed by atoms with Crippen LogP contribution < -0.4 is 15.4 Å². The fourth-order valence-corrected chi connectivity index (χ4v) is 2.69. The monoisotopic (exact) mass is 314 g/mol. The minimum absolute atomic E-state index is 0.827. The van der Waals surface area contributed by atoms with Gasteiger partial charge in [-0.15, -0.1) is 0 Å². The second-order valence-electron chi connectivity index (χ2n) is 4.48. The maximum atomic E-state index is 5.59. The third-order valence-electron chi connectivity index (χ3n) is 3.35. The smallest absolute Gasteiger partial charge is 0.125 e. The van der Waals surface area contributed by atoms with Gasteiger partial charge in [0.2, 0.25) is 0 Å². The molecule has 1 aromatic rings. The van der Waals surface area contributed by atoms with E-state index in [0.29, 0.717) is 0 Å². The van der Waals surface area contributed by atoms with E-state index in [1.807, 2.05) is 7.05 Å². The van der Waals surface area contributed by atoms with Gasteiger partial charge in [-0.25, -0.2) is 0 Å². The lowest BCUT2D eigenvalue weighted by molar-refractivity contribution is 0.404. The van der Waals surface area contributed by atoms with Gasteiger partial charge < -0.3 is 15.4 Å². The van der Waals surface area contributed by atoms with E-state index in [9.17, 15) is 0 Å². The maximum absolute atomic E-state index is 5.59. The van der Waals surface area contributed by atoms with E-state index in [1.165, 1.54) is 26.7 Å². The predicted molar refractivity (Wildman–Crippen MR) is 80.5 cm³/mol. The van der Waals surface area contributed by atoms with Crippen LogP contribution in [0.4, 0.5) is 0 Å². The van der Waals surface area contributed by atoms with Gasteiger partial charge in [0.25, 0.3) is 0 Å². The molecular formula is C14H23BrN2O. The van der Waals surface area contributed by atoms with Crippen molar-refractivity contribution in [3.8, 4) is 5.75 Å². The summed E-state index contributed by atoms with van der Waals surface area (Å²) in [5.74, 6) is 1.03. The molecule has 0 aromatic heterocycles. The lowest BCUT2D eigenvalue weighted by Gasteiger charge is -2.19. The van der Waals surface area contributed by atoms with Crippen LogP contribution in [-0.2, 0) is 6.42 Å². The topological polar surface area (TPSA) is 33.3 Å². The van der Waals surface area contributed by atoms with Crippen LogP contribution in [0.3, 0.4) is 0 Å². The summed E-state index contributed by atoms with van der Waals surface area (Å²) < 4.78 is 6.78. The van der Waals surface area contributed by atoms with Gasteiger partial charge in [-0.3, -0.25) is 0 Å². The highest BCUT2D eigenvalue weighted by Crippen LogP contribution is 2.36. The number of hydrogen-bond donors (Lipinski definition) is 2. The molecule has 102 valence electrons. The van der Waals surface area contributed by atoms with Gasteiger partial charge in [-0.2, -0.15) is 0 Å². The van der Waals surface area contributed by atoms with E-state index in [1.54, 1.807) is 7.11 Å². The third-order valence-corrected chi connectivity index (χ3v) is 4.54. The van der Waals surface area contributed by atoms with Crippen molar-refractivity contribution in [1.29, 1.82) is 0 Å². The zero-order valence-electron chi connectivity index (χ0n) is 11.9. The number of ether oxygens (including phenoxy) is 1. The van der Waals surface area contributed by atoms with E-state index in [0.717, 1.165) is 25.4 Å². The van der Waals surface area contributed by atoms with Gasteiger partial charge in [0, 0.05) is 17.7 Å². The molecule has 0 radical (unpaired) electrons. The fraction of sp³-hybridized carbons (Fsp3) is 0.571. The summed E-state index contributed by atoms with van der Waals surface area (Å²) in [7, 11) is 3.69. The van der Waals surface area contributed by atoms with E-state index < -0.39 is 0 Å². The van der Waals surface area contributed by atoms with Crippen molar-refractivity contribution in [3.63, 3.8) is 0 Å². The molecule has 4 heteroatoms. The Hall–Kier alpha value is -0.580. The van der Waals surface area contributed by atoms with Crippen molar-refractivity contribution in [2.24, 2.45) is 0 Å². The predicted octanol–water partition coefficient (Wildman–Crippen LogP) is 2.69. The standard InChI is InChI=1S/C14H23BrN2O/c1-9-10(2)14(18-5)12(11(3)13(9)15)6-7-17-8-16-4/h16-17H,6-8H2,1-5H3. The van der Waals surface area contributed by atoms with Gasteiger partial charge in [0.1, 0.15) is 5.75 Å². The Balaban J connectivity index is 3.01. The molecule has 18 heavy (non-hydrogen) atoms. The summed E-state index contributed by atoms with van der Waals surface area (Å²) in [4.78, 5) is 0. The number of benzene rings is 1. The number of nitrogens with one attached hydrogen (secondary N) is 2. The first-order chi connectivity index (χ1) is 8.54. The molecule has 2 N–H and O–H groups in total. The van der Waals surface area contributed by atoms with E-state index in [4.69, 9.17) is 4.74 Å². The van der Waals surface area contributed by atoms with Crippen LogP contribution in [0.1, 0.15) is 22.3 Å². The van der Waals surface area contributed by atoms with E-state index in [2.05, 4.69) is 47.3 Å². The molecule has 0 saturated heterocycles. The quantitative estimate of drug-likeness (QED) is 0.625. The Kier molecular flexibility index (Phi) is 6.12. The average Bonchev–Trinajstić information content (AvgIpc) is 2.38. The van der Waals surface area contributed by atoms with Crippen LogP contribution in [0.25, 0.3) is 0 Å². The normalized spacial score (nSPS) is 10.8. The molecule has 0 aliphatic rings. The summed E-state index contributed by atoms with van der Waals surface area (Å²) in [6.45, 7) is 8.15. The summed E-state index contributed by atoms with van der Waals surface area (Å²) in [5, 5.41) is 6.41. The Morgan fingerprint density at radius 1 is 1.11 bits per heavy atom. The average molecular weight is 315 g/mol. The van der Waals surface area contributed by atoms with Crippen LogP contribution in [0.2, 0.25) is 0 Å². The molecule has 3 nitrogen and oxygen atoms in total. The lowest BCUT2D eigenvalue weighted by Crippen LogP contribution is -2.27. The zero-order chi connectivity index (χ0) is 13.7. The molecule has 0 atom stereocenters. The molecular weight excluding hydrogens is 292 g/mol. The van der Waals surface area contributed by atoms with Gasteiger partial charge >= 0.3 is 0 Å². The van der Waals surface area contributed by atoms with Gasteiger partial charge in [0.05, 0.1) is 7.11 Å². The van der Waals surface area contributed by atoms with Gasteiger partial charge in [-0.1, -0.05) is 15.9 Å². The zero-order valence-corrected chi connectivity index (χ0v) is 13.5. The molecule has 0 bridgehead atoms. The van der Waals surface area contributed by atoms with E-state index in [-0.39, 0.29) is 0 Å². The Labute approximate surface area is 118 Å². The summed E-state index contributed by atoms with van der Waals surface area (Å²) >= 11 is 3.68. The molecule has 0 heterocycles. The van der Waals surface area contributed by atoms with Crippen molar-refractivity contribution in [1.82, 2.24) is 10.6 Å².